The molecule has 4 nitrogen and oxygen atoms in total. The Labute approximate surface area is 144 Å². The van der Waals surface area contributed by atoms with Gasteiger partial charge in [-0.1, -0.05) is 0 Å². The van der Waals surface area contributed by atoms with Crippen molar-refractivity contribution in [2.75, 3.05) is 0 Å². The normalized spacial score (nSPS) is 46.3. The Bertz CT molecular complexity index is 642. The van der Waals surface area contributed by atoms with Gasteiger partial charge in [-0.3, -0.25) is 0 Å². The molecule has 0 radical (unpaired) electrons. The first-order chi connectivity index (χ1) is 11.8. The van der Waals surface area contributed by atoms with Gasteiger partial charge in [0.15, 0.2) is 0 Å². The van der Waals surface area contributed by atoms with Gasteiger partial charge in [-0.05, 0) is 75.7 Å². The molecule has 5 rings (SSSR count). The maximum atomic E-state index is 3.79. The topological polar surface area (TPSA) is 48.1 Å². The van der Waals surface area contributed by atoms with Crippen molar-refractivity contribution in [1.82, 2.24) is 21.3 Å². The predicted octanol–water partition coefficient (Wildman–Crippen LogP) is 2.54. The largest absolute Gasteiger partial charge is 0.382 e. The van der Waals surface area contributed by atoms with E-state index in [0.29, 0.717) is 24.2 Å². The quantitative estimate of drug-likeness (QED) is 0.553. The van der Waals surface area contributed by atoms with Crippen LogP contribution in [0.1, 0.15) is 51.4 Å². The van der Waals surface area contributed by atoms with Crippen molar-refractivity contribution in [3.05, 3.63) is 47.1 Å². The van der Waals surface area contributed by atoms with Gasteiger partial charge in [0.2, 0.25) is 0 Å². The van der Waals surface area contributed by atoms with Crippen LogP contribution in [0.3, 0.4) is 0 Å². The van der Waals surface area contributed by atoms with Crippen LogP contribution in [0.25, 0.3) is 0 Å². The Balaban J connectivity index is 1.43. The molecule has 4 heteroatoms. The zero-order valence-electron chi connectivity index (χ0n) is 14.3. The second kappa shape index (κ2) is 5.99. The molecule has 4 N–H and O–H groups in total. The van der Waals surface area contributed by atoms with Crippen LogP contribution in [-0.2, 0) is 0 Å². The van der Waals surface area contributed by atoms with E-state index in [4.69, 9.17) is 0 Å². The molecule has 0 saturated carbocycles. The lowest BCUT2D eigenvalue weighted by Crippen LogP contribution is -2.29. The Kier molecular flexibility index (Phi) is 3.66. The van der Waals surface area contributed by atoms with E-state index in [-0.39, 0.29) is 0 Å². The average molecular weight is 324 g/mol. The number of hydrogen-bond acceptors (Lipinski definition) is 4. The maximum Gasteiger partial charge on any atom is 0.0464 e. The molecule has 2 unspecified atom stereocenters. The highest BCUT2D eigenvalue weighted by atomic mass is 15.0. The van der Waals surface area contributed by atoms with Gasteiger partial charge in [0.25, 0.3) is 0 Å². The van der Waals surface area contributed by atoms with E-state index in [9.17, 15) is 0 Å². The fraction of sp³-hybridized carbons (Fsp3) is 0.600. The molecule has 0 aliphatic carbocycles. The van der Waals surface area contributed by atoms with Gasteiger partial charge in [0.05, 0.1) is 0 Å². The third kappa shape index (κ3) is 3.00. The standard InChI is InChI=1S/C20H28N4/c1-2-14-10-16-5-6-18(23-16)12-20-8-7-19(24-20)11-17-4-3-15(22-17)9-13(1)21-14/h9-14,17,20-24H,1-8H2/b15-9-,16-10-,18-12-,19-11-/t13-,14?,17-,20?/m0/s1. The van der Waals surface area contributed by atoms with Gasteiger partial charge in [0.1, 0.15) is 0 Å². The molecule has 5 aliphatic rings. The van der Waals surface area contributed by atoms with Crippen molar-refractivity contribution in [2.45, 2.75) is 75.5 Å². The monoisotopic (exact) mass is 324 g/mol. The zero-order valence-corrected chi connectivity index (χ0v) is 14.3. The number of nitrogens with one attached hydrogen (secondary N) is 4. The van der Waals surface area contributed by atoms with E-state index in [1.165, 1.54) is 61.3 Å². The molecule has 8 bridgehead atoms. The van der Waals surface area contributed by atoms with Crippen LogP contribution >= 0.6 is 0 Å². The van der Waals surface area contributed by atoms with E-state index in [1.54, 1.807) is 0 Å². The number of hydrogen-bond donors (Lipinski definition) is 4. The summed E-state index contributed by atoms with van der Waals surface area (Å²) in [7, 11) is 0. The second-order valence-electron chi connectivity index (χ2n) is 7.93. The zero-order chi connectivity index (χ0) is 15.9. The molecular formula is C20H28N4. The van der Waals surface area contributed by atoms with Crippen LogP contribution in [0.15, 0.2) is 47.1 Å². The summed E-state index contributed by atoms with van der Waals surface area (Å²) in [4.78, 5) is 0. The van der Waals surface area contributed by atoms with Crippen molar-refractivity contribution < 1.29 is 0 Å². The lowest BCUT2D eigenvalue weighted by Gasteiger charge is -2.13. The van der Waals surface area contributed by atoms with Crippen molar-refractivity contribution >= 4 is 0 Å². The minimum atomic E-state index is 0.497. The fourth-order valence-corrected chi connectivity index (χ4v) is 4.79. The first-order valence-corrected chi connectivity index (χ1v) is 9.69. The molecule has 4 atom stereocenters. The Morgan fingerprint density at radius 1 is 0.542 bits per heavy atom. The summed E-state index contributed by atoms with van der Waals surface area (Å²) >= 11 is 0. The number of allylic oxidation sites excluding steroid dienone is 4. The van der Waals surface area contributed by atoms with Crippen molar-refractivity contribution in [1.29, 1.82) is 0 Å². The summed E-state index contributed by atoms with van der Waals surface area (Å²) in [5.74, 6) is 0. The van der Waals surface area contributed by atoms with Gasteiger partial charge >= 0.3 is 0 Å². The number of fused-ring (bicyclic) bond motifs is 8. The summed E-state index contributed by atoms with van der Waals surface area (Å²) < 4.78 is 0. The van der Waals surface area contributed by atoms with Crippen LogP contribution in [0.2, 0.25) is 0 Å². The molecule has 128 valence electrons. The van der Waals surface area contributed by atoms with Gasteiger partial charge in [-0.25, -0.2) is 0 Å². The van der Waals surface area contributed by atoms with Crippen LogP contribution in [-0.4, -0.2) is 24.2 Å². The first-order valence-electron chi connectivity index (χ1n) is 9.69. The van der Waals surface area contributed by atoms with Gasteiger partial charge < -0.3 is 21.3 Å². The molecule has 5 aliphatic heterocycles. The molecule has 0 amide bonds. The number of rotatable bonds is 0. The first kappa shape index (κ1) is 14.6. The average Bonchev–Trinajstić information content (AvgIpc) is 3.32. The minimum absolute atomic E-state index is 0.497. The van der Waals surface area contributed by atoms with Crippen molar-refractivity contribution in [2.24, 2.45) is 0 Å². The molecule has 0 aromatic carbocycles. The van der Waals surface area contributed by atoms with E-state index < -0.39 is 0 Å². The Morgan fingerprint density at radius 2 is 1.04 bits per heavy atom. The molecule has 24 heavy (non-hydrogen) atoms. The maximum absolute atomic E-state index is 3.79. The third-order valence-corrected chi connectivity index (χ3v) is 6.00. The van der Waals surface area contributed by atoms with Crippen LogP contribution in [0, 0.1) is 0 Å². The smallest absolute Gasteiger partial charge is 0.0464 e. The van der Waals surface area contributed by atoms with Crippen molar-refractivity contribution in [3.63, 3.8) is 0 Å². The van der Waals surface area contributed by atoms with Crippen molar-refractivity contribution in [3.8, 4) is 0 Å². The highest BCUT2D eigenvalue weighted by Crippen LogP contribution is 2.27. The minimum Gasteiger partial charge on any atom is -0.382 e. The lowest BCUT2D eigenvalue weighted by atomic mass is 10.1. The second-order valence-corrected chi connectivity index (χ2v) is 7.93. The molecule has 0 spiro atoms. The van der Waals surface area contributed by atoms with E-state index in [2.05, 4.69) is 45.6 Å². The molecular weight excluding hydrogens is 296 g/mol. The SMILES string of the molecule is C1=C2/CC/C(=C/C3CC[C@@H](/C=C4/CC[C@@H](/C=C5/CCC/1N5)N4)N3)N2. The van der Waals surface area contributed by atoms with Gasteiger partial charge in [0, 0.05) is 47.0 Å². The summed E-state index contributed by atoms with van der Waals surface area (Å²) in [6, 6.07) is 2.05. The third-order valence-electron chi connectivity index (χ3n) is 6.00. The lowest BCUT2D eigenvalue weighted by molar-refractivity contribution is 0.657. The molecule has 0 aromatic heterocycles. The van der Waals surface area contributed by atoms with E-state index in [1.807, 2.05) is 0 Å². The highest BCUT2D eigenvalue weighted by molar-refractivity contribution is 5.27. The van der Waals surface area contributed by atoms with Crippen LogP contribution in [0.4, 0.5) is 0 Å². The molecule has 4 saturated heterocycles. The highest BCUT2D eigenvalue weighted by Gasteiger charge is 2.26. The summed E-state index contributed by atoms with van der Waals surface area (Å²) in [5, 5.41) is 14.9. The Hall–Kier alpha value is -1.68. The van der Waals surface area contributed by atoms with E-state index in [0.717, 1.165) is 12.8 Å². The Morgan fingerprint density at radius 3 is 1.67 bits per heavy atom. The molecule has 0 aromatic rings. The van der Waals surface area contributed by atoms with Crippen LogP contribution < -0.4 is 21.3 Å². The summed E-state index contributed by atoms with van der Waals surface area (Å²) in [6.07, 6.45) is 19.4. The summed E-state index contributed by atoms with van der Waals surface area (Å²) in [6.45, 7) is 0. The van der Waals surface area contributed by atoms with Crippen LogP contribution in [0.5, 0.6) is 0 Å². The van der Waals surface area contributed by atoms with Gasteiger partial charge in [-0.2, -0.15) is 0 Å². The van der Waals surface area contributed by atoms with E-state index >= 15 is 0 Å². The molecule has 5 heterocycles. The fourth-order valence-electron chi connectivity index (χ4n) is 4.79. The summed E-state index contributed by atoms with van der Waals surface area (Å²) in [5.41, 5.74) is 5.68. The predicted molar refractivity (Wildman–Crippen MR) is 97.0 cm³/mol. The molecule has 4 fully saturated rings. The van der Waals surface area contributed by atoms with Gasteiger partial charge in [-0.15, -0.1) is 0 Å².